The van der Waals surface area contributed by atoms with Gasteiger partial charge in [0.05, 0.1) is 0 Å². The zero-order valence-corrected chi connectivity index (χ0v) is 14.3. The number of benzene rings is 2. The van der Waals surface area contributed by atoms with Crippen molar-refractivity contribution in [2.45, 2.75) is 19.8 Å². The van der Waals surface area contributed by atoms with Crippen LogP contribution >= 0.6 is 0 Å². The van der Waals surface area contributed by atoms with Gasteiger partial charge in [-0.2, -0.15) is 4.57 Å². The molecule has 1 aromatic heterocycles. The molecule has 0 atom stereocenters. The average Bonchev–Trinajstić information content (AvgIpc) is 2.67. The average molecular weight is 336 g/mol. The number of hydrogen-bond acceptors (Lipinski definition) is 3. The Labute approximate surface area is 147 Å². The number of aliphatic hydroxyl groups is 1. The van der Waals surface area contributed by atoms with Crippen LogP contribution in [0.1, 0.15) is 16.8 Å². The summed E-state index contributed by atoms with van der Waals surface area (Å²) in [7, 11) is 1.88. The van der Waals surface area contributed by atoms with E-state index in [1.807, 2.05) is 84.5 Å². The zero-order valence-electron chi connectivity index (χ0n) is 14.3. The van der Waals surface area contributed by atoms with Crippen molar-refractivity contribution in [1.29, 1.82) is 0 Å². The number of nitrogens with zero attached hydrogens (tertiary/aromatic N) is 1. The third-order valence-corrected chi connectivity index (χ3v) is 3.97. The smallest absolute Gasteiger partial charge is 0.253 e. The van der Waals surface area contributed by atoms with E-state index in [1.165, 1.54) is 0 Å². The molecule has 0 unspecified atom stereocenters. The summed E-state index contributed by atoms with van der Waals surface area (Å²) in [5.41, 5.74) is 2.82. The molecule has 3 rings (SSSR count). The van der Waals surface area contributed by atoms with E-state index in [0.29, 0.717) is 30.4 Å². The van der Waals surface area contributed by atoms with Crippen molar-refractivity contribution in [3.63, 3.8) is 0 Å². The van der Waals surface area contributed by atoms with E-state index < -0.39 is 0 Å². The number of aryl methyl sites for hydroxylation is 1. The lowest BCUT2D eigenvalue weighted by atomic mass is 10.2. The monoisotopic (exact) mass is 336 g/mol. The first-order valence-corrected chi connectivity index (χ1v) is 8.23. The molecule has 0 bridgehead atoms. The Hall–Kier alpha value is -2.85. The lowest BCUT2D eigenvalue weighted by Gasteiger charge is -2.14. The molecular weight excluding hydrogens is 314 g/mol. The zero-order chi connectivity index (χ0) is 17.5. The van der Waals surface area contributed by atoms with Crippen molar-refractivity contribution in [2.75, 3.05) is 0 Å². The lowest BCUT2D eigenvalue weighted by molar-refractivity contribution is -0.681. The van der Waals surface area contributed by atoms with Crippen molar-refractivity contribution in [2.24, 2.45) is 7.05 Å². The van der Waals surface area contributed by atoms with E-state index in [4.69, 9.17) is 9.47 Å². The quantitative estimate of drug-likeness (QED) is 0.674. The number of hydrogen-bond donors (Lipinski definition) is 1. The Balaban J connectivity index is 1.81. The second-order valence-electron chi connectivity index (χ2n) is 5.77. The van der Waals surface area contributed by atoms with Gasteiger partial charge >= 0.3 is 0 Å². The highest BCUT2D eigenvalue weighted by Gasteiger charge is 2.20. The fourth-order valence-electron chi connectivity index (χ4n) is 2.56. The summed E-state index contributed by atoms with van der Waals surface area (Å²) >= 11 is 0. The Morgan fingerprint density at radius 3 is 1.92 bits per heavy atom. The van der Waals surface area contributed by atoms with E-state index >= 15 is 0 Å². The SMILES string of the molecule is C[n+]1ccc(OCc2ccccc2)c(OCc2ccccc2)c1CO. The van der Waals surface area contributed by atoms with Gasteiger partial charge in [0.2, 0.25) is 5.75 Å². The Morgan fingerprint density at radius 2 is 1.36 bits per heavy atom. The van der Waals surface area contributed by atoms with Crippen LogP contribution in [0.5, 0.6) is 11.5 Å². The molecule has 4 nitrogen and oxygen atoms in total. The summed E-state index contributed by atoms with van der Waals surface area (Å²) in [6.45, 7) is 0.740. The summed E-state index contributed by atoms with van der Waals surface area (Å²) < 4.78 is 13.8. The molecule has 3 aromatic rings. The first kappa shape index (κ1) is 17.0. The molecule has 25 heavy (non-hydrogen) atoms. The molecule has 0 aliphatic carbocycles. The van der Waals surface area contributed by atoms with Crippen molar-refractivity contribution in [3.8, 4) is 11.5 Å². The van der Waals surface area contributed by atoms with E-state index in [2.05, 4.69) is 0 Å². The third-order valence-electron chi connectivity index (χ3n) is 3.97. The molecular formula is C21H22NO3+. The number of aromatic nitrogens is 1. The lowest BCUT2D eigenvalue weighted by Crippen LogP contribution is -2.33. The summed E-state index contributed by atoms with van der Waals surface area (Å²) in [5, 5.41) is 9.75. The van der Waals surface area contributed by atoms with Crippen LogP contribution in [-0.2, 0) is 26.9 Å². The minimum atomic E-state index is -0.122. The van der Waals surface area contributed by atoms with E-state index in [1.54, 1.807) is 0 Å². The normalized spacial score (nSPS) is 10.5. The molecule has 1 N–H and O–H groups in total. The van der Waals surface area contributed by atoms with Gasteiger partial charge in [0, 0.05) is 6.07 Å². The fourth-order valence-corrected chi connectivity index (χ4v) is 2.56. The van der Waals surface area contributed by atoms with Crippen LogP contribution in [0.3, 0.4) is 0 Å². The first-order valence-electron chi connectivity index (χ1n) is 8.23. The molecule has 128 valence electrons. The van der Waals surface area contributed by atoms with Crippen molar-refractivity contribution in [3.05, 3.63) is 89.7 Å². The van der Waals surface area contributed by atoms with E-state index in [0.717, 1.165) is 11.1 Å². The van der Waals surface area contributed by atoms with Gasteiger partial charge in [0.1, 0.15) is 26.9 Å². The maximum Gasteiger partial charge on any atom is 0.253 e. The van der Waals surface area contributed by atoms with Crippen molar-refractivity contribution < 1.29 is 19.1 Å². The summed E-state index contributed by atoms with van der Waals surface area (Å²) in [4.78, 5) is 0. The minimum Gasteiger partial charge on any atom is -0.485 e. The summed E-state index contributed by atoms with van der Waals surface area (Å²) in [5.74, 6) is 1.20. The van der Waals surface area contributed by atoms with Gasteiger partial charge < -0.3 is 14.6 Å². The maximum absolute atomic E-state index is 9.75. The van der Waals surface area contributed by atoms with Gasteiger partial charge in [0.25, 0.3) is 5.69 Å². The Kier molecular flexibility index (Phi) is 5.65. The highest BCUT2D eigenvalue weighted by atomic mass is 16.5. The number of aliphatic hydroxyl groups excluding tert-OH is 1. The second kappa shape index (κ2) is 8.31. The predicted molar refractivity (Wildman–Crippen MR) is 95.1 cm³/mol. The fraction of sp³-hybridized carbons (Fsp3) is 0.190. The largest absolute Gasteiger partial charge is 0.485 e. The molecule has 0 fully saturated rings. The molecule has 1 heterocycles. The Bertz CT molecular complexity index is 804. The molecule has 4 heteroatoms. The summed E-state index contributed by atoms with van der Waals surface area (Å²) in [6, 6.07) is 21.8. The molecule has 0 spiro atoms. The van der Waals surface area contributed by atoms with Crippen LogP contribution in [-0.4, -0.2) is 5.11 Å². The molecule has 0 saturated heterocycles. The van der Waals surface area contributed by atoms with Crippen LogP contribution in [0.4, 0.5) is 0 Å². The van der Waals surface area contributed by atoms with Crippen molar-refractivity contribution >= 4 is 0 Å². The van der Waals surface area contributed by atoms with Gasteiger partial charge in [-0.1, -0.05) is 60.7 Å². The van der Waals surface area contributed by atoms with E-state index in [9.17, 15) is 5.11 Å². The number of pyridine rings is 1. The summed E-state index contributed by atoms with van der Waals surface area (Å²) in [6.07, 6.45) is 1.86. The van der Waals surface area contributed by atoms with Crippen molar-refractivity contribution in [1.82, 2.24) is 0 Å². The third kappa shape index (κ3) is 4.37. The molecule has 2 aromatic carbocycles. The number of rotatable bonds is 7. The van der Waals surface area contributed by atoms with Gasteiger partial charge in [-0.05, 0) is 11.1 Å². The van der Waals surface area contributed by atoms with Crippen LogP contribution < -0.4 is 14.0 Å². The highest BCUT2D eigenvalue weighted by molar-refractivity contribution is 5.40. The van der Waals surface area contributed by atoms with Gasteiger partial charge in [-0.3, -0.25) is 0 Å². The predicted octanol–water partition coefficient (Wildman–Crippen LogP) is 3.16. The van der Waals surface area contributed by atoms with Crippen LogP contribution in [0, 0.1) is 0 Å². The van der Waals surface area contributed by atoms with Crippen LogP contribution in [0.25, 0.3) is 0 Å². The van der Waals surface area contributed by atoms with Crippen LogP contribution in [0.2, 0.25) is 0 Å². The topological polar surface area (TPSA) is 42.6 Å². The second-order valence-corrected chi connectivity index (χ2v) is 5.77. The Morgan fingerprint density at radius 1 is 0.800 bits per heavy atom. The molecule has 0 amide bonds. The first-order chi connectivity index (χ1) is 12.3. The minimum absolute atomic E-state index is 0.122. The van der Waals surface area contributed by atoms with Gasteiger partial charge in [0.15, 0.2) is 11.9 Å². The van der Waals surface area contributed by atoms with Gasteiger partial charge in [-0.25, -0.2) is 0 Å². The maximum atomic E-state index is 9.75. The van der Waals surface area contributed by atoms with Gasteiger partial charge in [-0.15, -0.1) is 0 Å². The molecule has 0 aliphatic rings. The molecule has 0 radical (unpaired) electrons. The standard InChI is InChI=1S/C21H22NO3/c1-22-13-12-20(24-15-17-8-4-2-5-9-17)21(19(22)14-23)25-16-18-10-6-3-7-11-18/h2-13,23H,14-16H2,1H3/q+1. The molecule has 0 aliphatic heterocycles. The molecule has 0 saturated carbocycles. The van der Waals surface area contributed by atoms with E-state index in [-0.39, 0.29) is 6.61 Å². The highest BCUT2D eigenvalue weighted by Crippen LogP contribution is 2.30. The van der Waals surface area contributed by atoms with Crippen LogP contribution in [0.15, 0.2) is 72.9 Å². The number of ether oxygens (including phenoxy) is 2.